The Balaban J connectivity index is 1.12. The zero-order chi connectivity index (χ0) is 34.2. The molecule has 2 amide bonds. The standard InChI is InChI=1S/C37H44N6O4S/c1-23-19-30(43(22-23)35(45)47-37(5,6)7)31-38-20-28(40-31)26-13-9-24(10-14-26)25-11-15-27(16-12-25)29-21-39-32(41-29)33-42(17-8-18-48-33)34(44)46-36(2,3)4/h9-16,20-21,30,33H,1,8,17-19,22H2,2-7H3,(H,38,40)(H,39,41). The Morgan fingerprint density at radius 3 is 1.79 bits per heavy atom. The molecule has 2 aliphatic heterocycles. The van der Waals surface area contributed by atoms with Crippen molar-refractivity contribution >= 4 is 23.9 Å². The number of carbonyl (C=O) groups is 2. The van der Waals surface area contributed by atoms with Gasteiger partial charge in [0.25, 0.3) is 0 Å². The van der Waals surface area contributed by atoms with E-state index in [0.717, 1.165) is 63.0 Å². The minimum atomic E-state index is -0.578. The monoisotopic (exact) mass is 668 g/mol. The zero-order valence-electron chi connectivity index (χ0n) is 28.5. The topological polar surface area (TPSA) is 116 Å². The van der Waals surface area contributed by atoms with Crippen LogP contribution in [0.15, 0.2) is 73.1 Å². The number of aromatic amines is 2. The highest BCUT2D eigenvalue weighted by atomic mass is 32.2. The Kier molecular flexibility index (Phi) is 9.17. The first-order valence-electron chi connectivity index (χ1n) is 16.3. The molecule has 0 spiro atoms. The predicted molar refractivity (Wildman–Crippen MR) is 189 cm³/mol. The predicted octanol–water partition coefficient (Wildman–Crippen LogP) is 8.74. The van der Waals surface area contributed by atoms with Gasteiger partial charge in [-0.3, -0.25) is 9.80 Å². The summed E-state index contributed by atoms with van der Waals surface area (Å²) in [6.07, 6.45) is 4.53. The molecule has 2 unspecified atom stereocenters. The quantitative estimate of drug-likeness (QED) is 0.204. The lowest BCUT2D eigenvalue weighted by atomic mass is 10.0. The van der Waals surface area contributed by atoms with E-state index in [0.29, 0.717) is 19.5 Å². The van der Waals surface area contributed by atoms with Crippen molar-refractivity contribution in [2.45, 2.75) is 77.0 Å². The van der Waals surface area contributed by atoms with Crippen LogP contribution >= 0.6 is 11.8 Å². The number of amides is 2. The fourth-order valence-electron chi connectivity index (χ4n) is 5.87. The average molecular weight is 669 g/mol. The number of imidazole rings is 2. The van der Waals surface area contributed by atoms with Gasteiger partial charge in [-0.2, -0.15) is 0 Å². The molecule has 4 aromatic rings. The summed E-state index contributed by atoms with van der Waals surface area (Å²) >= 11 is 1.70. The number of ether oxygens (including phenoxy) is 2. The van der Waals surface area contributed by atoms with Gasteiger partial charge in [0, 0.05) is 13.1 Å². The van der Waals surface area contributed by atoms with Gasteiger partial charge in [-0.25, -0.2) is 19.6 Å². The zero-order valence-corrected chi connectivity index (χ0v) is 29.3. The first kappa shape index (κ1) is 33.4. The van der Waals surface area contributed by atoms with E-state index in [2.05, 4.69) is 75.0 Å². The van der Waals surface area contributed by atoms with Crippen molar-refractivity contribution in [3.63, 3.8) is 0 Å². The molecule has 0 aliphatic carbocycles. The number of nitrogens with zero attached hydrogens (tertiary/aromatic N) is 4. The van der Waals surface area contributed by atoms with Crippen molar-refractivity contribution in [2.75, 3.05) is 18.8 Å². The number of rotatable bonds is 5. The second kappa shape index (κ2) is 13.2. The van der Waals surface area contributed by atoms with Crippen LogP contribution in [0.1, 0.15) is 77.4 Å². The summed E-state index contributed by atoms with van der Waals surface area (Å²) in [4.78, 5) is 45.4. The van der Waals surface area contributed by atoms with Crippen LogP contribution in [0.25, 0.3) is 33.6 Å². The van der Waals surface area contributed by atoms with E-state index >= 15 is 0 Å². The third-order valence-corrected chi connectivity index (χ3v) is 9.39. The molecular formula is C37H44N6O4S. The normalized spacial score (nSPS) is 18.7. The van der Waals surface area contributed by atoms with Gasteiger partial charge >= 0.3 is 12.2 Å². The van der Waals surface area contributed by atoms with Crippen LogP contribution in [0.5, 0.6) is 0 Å². The van der Waals surface area contributed by atoms with Gasteiger partial charge in [-0.1, -0.05) is 60.7 Å². The number of nitrogens with one attached hydrogen (secondary N) is 2. The van der Waals surface area contributed by atoms with E-state index in [1.807, 2.05) is 53.9 Å². The van der Waals surface area contributed by atoms with Gasteiger partial charge in [0.15, 0.2) is 0 Å². The van der Waals surface area contributed by atoms with Crippen LogP contribution in [-0.2, 0) is 9.47 Å². The highest BCUT2D eigenvalue weighted by Gasteiger charge is 2.37. The molecule has 0 bridgehead atoms. The number of hydrogen-bond donors (Lipinski definition) is 2. The Morgan fingerprint density at radius 2 is 1.25 bits per heavy atom. The van der Waals surface area contributed by atoms with E-state index in [-0.39, 0.29) is 23.6 Å². The number of carbonyl (C=O) groups excluding carboxylic acids is 2. The molecule has 2 N–H and O–H groups in total. The lowest BCUT2D eigenvalue weighted by Crippen LogP contribution is -2.41. The molecule has 2 aromatic carbocycles. The van der Waals surface area contributed by atoms with Crippen LogP contribution in [0.2, 0.25) is 0 Å². The fraction of sp³-hybridized carbons (Fsp3) is 0.405. The summed E-state index contributed by atoms with van der Waals surface area (Å²) in [7, 11) is 0. The molecule has 0 radical (unpaired) electrons. The maximum atomic E-state index is 12.9. The van der Waals surface area contributed by atoms with E-state index in [1.165, 1.54) is 0 Å². The Labute approximate surface area is 286 Å². The van der Waals surface area contributed by atoms with Crippen LogP contribution < -0.4 is 0 Å². The molecule has 6 rings (SSSR count). The van der Waals surface area contributed by atoms with Crippen LogP contribution in [0.3, 0.4) is 0 Å². The molecule has 2 atom stereocenters. The first-order valence-corrected chi connectivity index (χ1v) is 17.4. The Morgan fingerprint density at radius 1 is 0.771 bits per heavy atom. The van der Waals surface area contributed by atoms with Gasteiger partial charge in [-0.05, 0) is 82.4 Å². The average Bonchev–Trinajstić information content (AvgIpc) is 3.80. The molecule has 2 aromatic heterocycles. The first-order chi connectivity index (χ1) is 22.7. The molecule has 2 fully saturated rings. The third-order valence-electron chi connectivity index (χ3n) is 8.08. The summed E-state index contributed by atoms with van der Waals surface area (Å²) in [5, 5.41) is -0.215. The second-order valence-electron chi connectivity index (χ2n) is 14.3. The van der Waals surface area contributed by atoms with E-state index < -0.39 is 11.2 Å². The van der Waals surface area contributed by atoms with Crippen LogP contribution in [0.4, 0.5) is 9.59 Å². The lowest BCUT2D eigenvalue weighted by molar-refractivity contribution is 0.0207. The van der Waals surface area contributed by atoms with Crippen molar-refractivity contribution in [3.05, 3.63) is 84.7 Å². The third kappa shape index (κ3) is 7.62. The fourth-order valence-corrected chi connectivity index (χ4v) is 7.04. The van der Waals surface area contributed by atoms with Crippen molar-refractivity contribution < 1.29 is 19.1 Å². The molecule has 252 valence electrons. The van der Waals surface area contributed by atoms with Gasteiger partial charge in [-0.15, -0.1) is 11.8 Å². The number of H-pyrrole nitrogens is 2. The number of thioether (sulfide) groups is 1. The van der Waals surface area contributed by atoms with Gasteiger partial charge < -0.3 is 19.4 Å². The minimum Gasteiger partial charge on any atom is -0.444 e. The van der Waals surface area contributed by atoms with Crippen LogP contribution in [0, 0.1) is 0 Å². The molecule has 48 heavy (non-hydrogen) atoms. The number of aromatic nitrogens is 4. The molecular weight excluding hydrogens is 625 g/mol. The molecule has 10 nitrogen and oxygen atoms in total. The second-order valence-corrected chi connectivity index (χ2v) is 15.5. The maximum Gasteiger partial charge on any atom is 0.411 e. The van der Waals surface area contributed by atoms with E-state index in [4.69, 9.17) is 9.47 Å². The molecule has 11 heteroatoms. The highest BCUT2D eigenvalue weighted by molar-refractivity contribution is 7.99. The van der Waals surface area contributed by atoms with Crippen LogP contribution in [-0.4, -0.2) is 72.0 Å². The molecule has 0 saturated carbocycles. The molecule has 2 saturated heterocycles. The van der Waals surface area contributed by atoms with E-state index in [1.54, 1.807) is 21.6 Å². The Hall–Kier alpha value is -4.51. The van der Waals surface area contributed by atoms with Gasteiger partial charge in [0.1, 0.15) is 28.2 Å². The van der Waals surface area contributed by atoms with Crippen molar-refractivity contribution in [2.24, 2.45) is 0 Å². The lowest BCUT2D eigenvalue weighted by Gasteiger charge is -2.35. The number of benzene rings is 2. The summed E-state index contributed by atoms with van der Waals surface area (Å²) in [5.74, 6) is 2.42. The summed E-state index contributed by atoms with van der Waals surface area (Å²) in [6.45, 7) is 16.4. The smallest absolute Gasteiger partial charge is 0.411 e. The largest absolute Gasteiger partial charge is 0.444 e. The molecule has 4 heterocycles. The van der Waals surface area contributed by atoms with Crippen molar-refractivity contribution in [1.29, 1.82) is 0 Å². The summed E-state index contributed by atoms with van der Waals surface area (Å²) in [5.41, 5.74) is 5.81. The maximum absolute atomic E-state index is 12.9. The Bertz CT molecular complexity index is 1780. The summed E-state index contributed by atoms with van der Waals surface area (Å²) in [6, 6.07) is 16.4. The van der Waals surface area contributed by atoms with Gasteiger partial charge in [0.2, 0.25) is 0 Å². The number of likely N-dealkylation sites (tertiary alicyclic amines) is 1. The SMILES string of the molecule is C=C1CC(c2ncc(-c3ccc(-c4ccc(-c5cnc(C6SCCCN6C(=O)OC(C)(C)C)[nH]5)cc4)cc3)[nH]2)N(C(=O)OC(C)(C)C)C1. The highest BCUT2D eigenvalue weighted by Crippen LogP contribution is 2.38. The van der Waals surface area contributed by atoms with E-state index in [9.17, 15) is 9.59 Å². The van der Waals surface area contributed by atoms with Crippen molar-refractivity contribution in [3.8, 4) is 33.6 Å². The number of hydrogen-bond acceptors (Lipinski definition) is 7. The minimum absolute atomic E-state index is 0.215. The van der Waals surface area contributed by atoms with Gasteiger partial charge in [0.05, 0.1) is 29.8 Å². The summed E-state index contributed by atoms with van der Waals surface area (Å²) < 4.78 is 11.3. The van der Waals surface area contributed by atoms with Crippen molar-refractivity contribution in [1.82, 2.24) is 29.7 Å². The molecule has 2 aliphatic rings.